The van der Waals surface area contributed by atoms with Crippen LogP contribution in [0.3, 0.4) is 0 Å². The van der Waals surface area contributed by atoms with Crippen molar-refractivity contribution in [2.75, 3.05) is 18.5 Å². The number of anilines is 1. The third kappa shape index (κ3) is 3.78. The molecule has 0 radical (unpaired) electrons. The molecule has 1 saturated heterocycles. The van der Waals surface area contributed by atoms with Crippen molar-refractivity contribution < 1.29 is 23.9 Å². The average Bonchev–Trinajstić information content (AvgIpc) is 3.15. The molecule has 0 unspecified atom stereocenters. The van der Waals surface area contributed by atoms with Crippen molar-refractivity contribution in [3.8, 4) is 0 Å². The first kappa shape index (κ1) is 23.6. The molecule has 0 aromatic heterocycles. The summed E-state index contributed by atoms with van der Waals surface area (Å²) in [7, 11) is 0. The van der Waals surface area contributed by atoms with E-state index in [0.29, 0.717) is 5.69 Å². The second kappa shape index (κ2) is 8.95. The van der Waals surface area contributed by atoms with Gasteiger partial charge in [0.15, 0.2) is 6.61 Å². The Bertz CT molecular complexity index is 1370. The van der Waals surface area contributed by atoms with E-state index >= 15 is 0 Å². The zero-order chi connectivity index (χ0) is 25.8. The Balaban J connectivity index is 1.17. The van der Waals surface area contributed by atoms with Crippen LogP contribution in [0.1, 0.15) is 39.7 Å². The van der Waals surface area contributed by atoms with E-state index in [4.69, 9.17) is 4.74 Å². The van der Waals surface area contributed by atoms with Crippen LogP contribution in [-0.2, 0) is 23.9 Å². The lowest BCUT2D eigenvalue weighted by molar-refractivity contribution is -0.154. The molecule has 7 rings (SSSR count). The number of nitrogens with one attached hydrogen (secondary N) is 1. The molecule has 0 spiro atoms. The molecule has 3 amide bonds. The monoisotopic (exact) mass is 558 g/mol. The van der Waals surface area contributed by atoms with Crippen LogP contribution in [0.4, 0.5) is 5.69 Å². The molecule has 37 heavy (non-hydrogen) atoms. The van der Waals surface area contributed by atoms with Crippen molar-refractivity contribution in [1.29, 1.82) is 0 Å². The topological polar surface area (TPSA) is 92.8 Å². The highest BCUT2D eigenvalue weighted by atomic mass is 79.9. The quantitative estimate of drug-likeness (QED) is 0.375. The fourth-order valence-corrected chi connectivity index (χ4v) is 6.38. The van der Waals surface area contributed by atoms with Gasteiger partial charge >= 0.3 is 5.97 Å². The van der Waals surface area contributed by atoms with Gasteiger partial charge in [0, 0.05) is 22.0 Å². The van der Waals surface area contributed by atoms with Gasteiger partial charge in [-0.2, -0.15) is 0 Å². The Kier molecular flexibility index (Phi) is 5.71. The van der Waals surface area contributed by atoms with Crippen LogP contribution in [0.2, 0.25) is 0 Å². The molecule has 8 heteroatoms. The number of halogens is 1. The van der Waals surface area contributed by atoms with Gasteiger partial charge in [-0.25, -0.2) is 0 Å². The molecule has 1 fully saturated rings. The van der Waals surface area contributed by atoms with E-state index in [1.165, 1.54) is 0 Å². The van der Waals surface area contributed by atoms with Gasteiger partial charge in [0.2, 0.25) is 11.8 Å². The average molecular weight is 559 g/mol. The van der Waals surface area contributed by atoms with Crippen molar-refractivity contribution in [2.45, 2.75) is 18.8 Å². The third-order valence-corrected chi connectivity index (χ3v) is 8.52. The molecule has 186 valence electrons. The first-order valence-electron chi connectivity index (χ1n) is 12.1. The van der Waals surface area contributed by atoms with Crippen molar-refractivity contribution in [1.82, 2.24) is 4.90 Å². The smallest absolute Gasteiger partial charge is 0.326 e. The molecule has 3 aromatic rings. The predicted octanol–water partition coefficient (Wildman–Crippen LogP) is 4.13. The van der Waals surface area contributed by atoms with Crippen LogP contribution in [0.25, 0.3) is 0 Å². The highest BCUT2D eigenvalue weighted by Crippen LogP contribution is 2.60. The number of nitrogens with zero attached hydrogens (tertiary/aromatic N) is 1. The molecule has 3 aliphatic carbocycles. The van der Waals surface area contributed by atoms with Crippen LogP contribution in [0.15, 0.2) is 71.2 Å². The van der Waals surface area contributed by atoms with E-state index in [-0.39, 0.29) is 23.7 Å². The summed E-state index contributed by atoms with van der Waals surface area (Å²) < 4.78 is 6.04. The van der Waals surface area contributed by atoms with E-state index in [0.717, 1.165) is 37.2 Å². The highest BCUT2D eigenvalue weighted by molar-refractivity contribution is 9.10. The van der Waals surface area contributed by atoms with Crippen molar-refractivity contribution in [3.05, 3.63) is 99.0 Å². The van der Waals surface area contributed by atoms with Crippen molar-refractivity contribution in [3.63, 3.8) is 0 Å². The lowest BCUT2D eigenvalue weighted by Crippen LogP contribution is -2.41. The minimum atomic E-state index is -0.801. The summed E-state index contributed by atoms with van der Waals surface area (Å²) in [5, 5.41) is 2.67. The Morgan fingerprint density at radius 2 is 1.38 bits per heavy atom. The molecule has 1 heterocycles. The van der Waals surface area contributed by atoms with Gasteiger partial charge in [0.25, 0.3) is 5.91 Å². The van der Waals surface area contributed by atoms with Gasteiger partial charge in [-0.15, -0.1) is 0 Å². The maximum atomic E-state index is 13.5. The standard InChI is InChI=1S/C29H23BrN2O5/c1-15-12-16(10-11-21(15)30)31-22(33)14-37-23(34)13-32-28(35)26-24-17-6-2-3-7-18(17)25(27(26)29(32)36)20-9-5-4-8-19(20)24/h2-12,24-27H,13-14H2,1H3,(H,31,33)/t24?,25?,26-,27-/m1/s1. The van der Waals surface area contributed by atoms with Gasteiger partial charge < -0.3 is 10.1 Å². The number of carbonyl (C=O) groups is 4. The Labute approximate surface area is 221 Å². The molecule has 3 aromatic carbocycles. The molecular formula is C29H23BrN2O5. The van der Waals surface area contributed by atoms with Gasteiger partial charge in [-0.1, -0.05) is 64.5 Å². The van der Waals surface area contributed by atoms with E-state index in [2.05, 4.69) is 21.2 Å². The second-order valence-electron chi connectivity index (χ2n) is 9.70. The maximum Gasteiger partial charge on any atom is 0.326 e. The number of aryl methyl sites for hydroxylation is 1. The summed E-state index contributed by atoms with van der Waals surface area (Å²) in [6, 6.07) is 21.2. The van der Waals surface area contributed by atoms with Gasteiger partial charge in [-0.3, -0.25) is 24.1 Å². The SMILES string of the molecule is Cc1cc(NC(=O)COC(=O)CN2C(=O)[C@@H]3C4c5ccccc5C(c5ccccc54)[C@H]3C2=O)ccc1Br. The lowest BCUT2D eigenvalue weighted by Gasteiger charge is -2.45. The first-order valence-corrected chi connectivity index (χ1v) is 12.9. The summed E-state index contributed by atoms with van der Waals surface area (Å²) in [6.07, 6.45) is 0. The second-order valence-corrected chi connectivity index (χ2v) is 10.6. The lowest BCUT2D eigenvalue weighted by atomic mass is 9.55. The first-order chi connectivity index (χ1) is 17.8. The van der Waals surface area contributed by atoms with Crippen LogP contribution in [-0.4, -0.2) is 41.7 Å². The van der Waals surface area contributed by atoms with Gasteiger partial charge in [0.1, 0.15) is 6.54 Å². The molecule has 7 nitrogen and oxygen atoms in total. The largest absolute Gasteiger partial charge is 0.454 e. The minimum absolute atomic E-state index is 0.236. The summed E-state index contributed by atoms with van der Waals surface area (Å²) >= 11 is 3.41. The van der Waals surface area contributed by atoms with Gasteiger partial charge in [0.05, 0.1) is 11.8 Å². The Morgan fingerprint density at radius 1 is 0.865 bits per heavy atom. The normalized spacial score (nSPS) is 22.8. The number of likely N-dealkylation sites (tertiary alicyclic amines) is 1. The number of rotatable bonds is 5. The number of carbonyl (C=O) groups excluding carboxylic acids is 4. The van der Waals surface area contributed by atoms with Crippen LogP contribution in [0.5, 0.6) is 0 Å². The molecule has 2 atom stereocenters. The molecule has 2 bridgehead atoms. The number of hydrogen-bond donors (Lipinski definition) is 1. The summed E-state index contributed by atoms with van der Waals surface area (Å²) in [5.74, 6) is -3.61. The minimum Gasteiger partial charge on any atom is -0.454 e. The number of ether oxygens (including phenoxy) is 1. The number of imide groups is 1. The fraction of sp³-hybridized carbons (Fsp3) is 0.241. The third-order valence-electron chi connectivity index (χ3n) is 7.63. The van der Waals surface area contributed by atoms with E-state index in [1.807, 2.05) is 61.5 Å². The molecule has 0 saturated carbocycles. The fourth-order valence-electron chi connectivity index (χ4n) is 6.14. The number of amides is 3. The van der Waals surface area contributed by atoms with Crippen LogP contribution < -0.4 is 5.32 Å². The maximum absolute atomic E-state index is 13.5. The zero-order valence-corrected chi connectivity index (χ0v) is 21.5. The van der Waals surface area contributed by atoms with Gasteiger partial charge in [-0.05, 0) is 52.9 Å². The van der Waals surface area contributed by atoms with E-state index in [9.17, 15) is 19.2 Å². The molecule has 1 aliphatic heterocycles. The molecule has 1 N–H and O–H groups in total. The van der Waals surface area contributed by atoms with Crippen LogP contribution >= 0.6 is 15.9 Å². The number of esters is 1. The molecular weight excluding hydrogens is 536 g/mol. The summed E-state index contributed by atoms with van der Waals surface area (Å²) in [5.41, 5.74) is 5.79. The highest BCUT2D eigenvalue weighted by Gasteiger charge is 2.61. The van der Waals surface area contributed by atoms with Crippen LogP contribution in [0, 0.1) is 18.8 Å². The van der Waals surface area contributed by atoms with E-state index in [1.54, 1.807) is 12.1 Å². The number of benzene rings is 3. The Morgan fingerprint density at radius 3 is 1.86 bits per heavy atom. The summed E-state index contributed by atoms with van der Waals surface area (Å²) in [6.45, 7) is 0.866. The Hall–Kier alpha value is -3.78. The van der Waals surface area contributed by atoms with Crippen molar-refractivity contribution >= 4 is 45.3 Å². The van der Waals surface area contributed by atoms with Crippen molar-refractivity contribution in [2.24, 2.45) is 11.8 Å². The summed E-state index contributed by atoms with van der Waals surface area (Å²) in [4.78, 5) is 53.0. The molecule has 4 aliphatic rings. The number of hydrogen-bond acceptors (Lipinski definition) is 5. The zero-order valence-electron chi connectivity index (χ0n) is 19.9. The predicted molar refractivity (Wildman–Crippen MR) is 139 cm³/mol. The van der Waals surface area contributed by atoms with E-state index < -0.39 is 36.9 Å².